The van der Waals surface area contributed by atoms with E-state index in [4.69, 9.17) is 9.05 Å². The normalized spacial score (nSPS) is 14.2. The number of aliphatic hydroxyl groups is 1. The van der Waals surface area contributed by atoms with Crippen LogP contribution in [0.2, 0.25) is 0 Å². The zero-order chi connectivity index (χ0) is 60.5. The second kappa shape index (κ2) is 64.2. The molecule has 0 aromatic carbocycles. The van der Waals surface area contributed by atoms with Crippen LogP contribution in [0.5, 0.6) is 0 Å². The largest absolute Gasteiger partial charge is 0.472 e. The number of phosphoric acid groups is 1. The lowest BCUT2D eigenvalue weighted by Crippen LogP contribution is -2.45. The summed E-state index contributed by atoms with van der Waals surface area (Å²) in [5.41, 5.74) is 0. The minimum atomic E-state index is -4.37. The van der Waals surface area contributed by atoms with E-state index in [1.807, 2.05) is 27.2 Å². The molecule has 3 unspecified atom stereocenters. The van der Waals surface area contributed by atoms with Gasteiger partial charge in [-0.05, 0) is 83.5 Å². The minimum Gasteiger partial charge on any atom is -0.387 e. The molecular formula is C74H138N2O6P+. The highest BCUT2D eigenvalue weighted by atomic mass is 31.2. The first kappa shape index (κ1) is 80.7. The number of phosphoric ester groups is 1. The Morgan fingerprint density at radius 2 is 0.735 bits per heavy atom. The van der Waals surface area contributed by atoms with Crippen molar-refractivity contribution in [3.05, 3.63) is 85.1 Å². The van der Waals surface area contributed by atoms with Crippen molar-refractivity contribution < 1.29 is 32.9 Å². The van der Waals surface area contributed by atoms with Crippen molar-refractivity contribution in [1.82, 2.24) is 5.32 Å². The van der Waals surface area contributed by atoms with Crippen molar-refractivity contribution in [3.63, 3.8) is 0 Å². The van der Waals surface area contributed by atoms with E-state index in [1.54, 1.807) is 6.08 Å². The van der Waals surface area contributed by atoms with Crippen molar-refractivity contribution in [2.24, 2.45) is 0 Å². The van der Waals surface area contributed by atoms with Crippen LogP contribution >= 0.6 is 7.82 Å². The van der Waals surface area contributed by atoms with Crippen LogP contribution in [0.3, 0.4) is 0 Å². The summed E-state index contributed by atoms with van der Waals surface area (Å²) in [7, 11) is 1.55. The van der Waals surface area contributed by atoms with Gasteiger partial charge in [0.15, 0.2) is 0 Å². The summed E-state index contributed by atoms with van der Waals surface area (Å²) in [5, 5.41) is 14.0. The molecule has 0 spiro atoms. The standard InChI is InChI=1S/C74H137N2O6P/c1-6-8-10-12-14-16-18-20-22-24-26-28-30-32-34-36-37-38-40-41-43-45-47-49-51-53-55-57-59-61-63-65-67-73(77)72(71-82-83(79,80)81-70-69-76(3,4)5)75-74(78)68-66-64-62-60-58-56-54-52-50-48-46-44-42-39-35-33-31-29-27-25-23-21-19-17-15-13-11-9-7-2/h9,11,15,17,21,23,27,29,49,51,57,59,65,67,72-73,77H,6-8,10,12-14,16,18-20,22,24-26,28,30-48,50,52-56,58,60-64,66,68-71H2,1-5H3,(H-,75,78,79,80)/p+1/b11-9-,17-15-,23-21-,29-27-,51-49+,59-57+,67-65+. The Balaban J connectivity index is 4.12. The Hall–Kier alpha value is -2.32. The van der Waals surface area contributed by atoms with Gasteiger partial charge in [-0.3, -0.25) is 13.8 Å². The molecule has 9 heteroatoms. The van der Waals surface area contributed by atoms with Crippen LogP contribution in [-0.2, 0) is 18.4 Å². The molecule has 1 amide bonds. The molecule has 8 nitrogen and oxygen atoms in total. The summed E-state index contributed by atoms with van der Waals surface area (Å²) in [6.45, 7) is 4.71. The molecule has 0 aromatic rings. The van der Waals surface area contributed by atoms with Crippen LogP contribution in [-0.4, -0.2) is 73.4 Å². The number of hydrogen-bond acceptors (Lipinski definition) is 5. The molecule has 0 radical (unpaired) electrons. The predicted molar refractivity (Wildman–Crippen MR) is 364 cm³/mol. The lowest BCUT2D eigenvalue weighted by molar-refractivity contribution is -0.870. The number of aliphatic hydroxyl groups excluding tert-OH is 1. The number of nitrogens with one attached hydrogen (secondary N) is 1. The summed E-state index contributed by atoms with van der Waals surface area (Å²) in [6, 6.07) is -0.876. The van der Waals surface area contributed by atoms with Gasteiger partial charge in [-0.15, -0.1) is 0 Å². The Kier molecular flexibility index (Phi) is 62.4. The number of likely N-dealkylation sites (N-methyl/N-ethyl adjacent to an activating group) is 1. The van der Waals surface area contributed by atoms with Gasteiger partial charge in [0.05, 0.1) is 39.9 Å². The second-order valence-electron chi connectivity index (χ2n) is 25.2. The van der Waals surface area contributed by atoms with Gasteiger partial charge in [0.1, 0.15) is 13.2 Å². The zero-order valence-electron chi connectivity index (χ0n) is 55.4. The maximum absolute atomic E-state index is 13.0. The maximum Gasteiger partial charge on any atom is 0.472 e. The zero-order valence-corrected chi connectivity index (χ0v) is 56.3. The molecule has 0 aliphatic rings. The van der Waals surface area contributed by atoms with E-state index in [-0.39, 0.29) is 19.1 Å². The number of hydrogen-bond donors (Lipinski definition) is 3. The van der Waals surface area contributed by atoms with Gasteiger partial charge in [-0.1, -0.05) is 324 Å². The van der Waals surface area contributed by atoms with Gasteiger partial charge < -0.3 is 19.8 Å². The highest BCUT2D eigenvalue weighted by Gasteiger charge is 2.28. The summed E-state index contributed by atoms with van der Waals surface area (Å²) < 4.78 is 23.8. The lowest BCUT2D eigenvalue weighted by Gasteiger charge is -2.25. The van der Waals surface area contributed by atoms with E-state index in [2.05, 4.69) is 92.1 Å². The Bertz CT molecular complexity index is 1630. The summed E-state index contributed by atoms with van der Waals surface area (Å²) in [4.78, 5) is 23.4. The highest BCUT2D eigenvalue weighted by molar-refractivity contribution is 7.47. The van der Waals surface area contributed by atoms with Crippen LogP contribution in [0.4, 0.5) is 0 Å². The third-order valence-corrected chi connectivity index (χ3v) is 16.8. The Labute approximate surface area is 516 Å². The van der Waals surface area contributed by atoms with Crippen molar-refractivity contribution in [2.75, 3.05) is 40.9 Å². The molecule has 0 aliphatic heterocycles. The quantitative estimate of drug-likeness (QED) is 0.0243. The fourth-order valence-electron chi connectivity index (χ4n) is 10.4. The predicted octanol–water partition coefficient (Wildman–Crippen LogP) is 22.7. The van der Waals surface area contributed by atoms with Gasteiger partial charge in [0, 0.05) is 6.42 Å². The fourth-order valence-corrected chi connectivity index (χ4v) is 11.1. The third-order valence-electron chi connectivity index (χ3n) is 15.8. The molecule has 0 bridgehead atoms. The molecule has 0 fully saturated rings. The van der Waals surface area contributed by atoms with E-state index < -0.39 is 20.0 Å². The molecule has 0 aromatic heterocycles. The molecule has 0 saturated carbocycles. The van der Waals surface area contributed by atoms with Crippen LogP contribution < -0.4 is 5.32 Å². The molecule has 0 saturated heterocycles. The minimum absolute atomic E-state index is 0.0514. The van der Waals surface area contributed by atoms with Crippen LogP contribution in [0, 0.1) is 0 Å². The number of allylic oxidation sites excluding steroid dienone is 13. The van der Waals surface area contributed by atoms with E-state index in [1.165, 1.54) is 238 Å². The SMILES string of the molecule is CC/C=C\C/C=C\C/C=C\C/C=C\CCCCCCCCCCCCCCCCCCC(=O)NC(COP(=O)(O)OCC[N+](C)(C)C)C(O)/C=C/CC/C=C/CC/C=C/CCCCCCCCCCCCCCCCCCCCCCCC. The van der Waals surface area contributed by atoms with Gasteiger partial charge in [-0.2, -0.15) is 0 Å². The number of unbranched alkanes of at least 4 members (excludes halogenated alkanes) is 40. The molecular weight excluding hydrogens is 1040 g/mol. The first-order chi connectivity index (χ1) is 40.5. The number of amides is 1. The maximum atomic E-state index is 13.0. The number of quaternary nitrogens is 1. The first-order valence-electron chi connectivity index (χ1n) is 35.5. The van der Waals surface area contributed by atoms with E-state index in [0.717, 1.165) is 70.6 Å². The first-order valence-corrected chi connectivity index (χ1v) is 37.0. The van der Waals surface area contributed by atoms with Gasteiger partial charge in [0.2, 0.25) is 5.91 Å². The number of carbonyl (C=O) groups is 1. The van der Waals surface area contributed by atoms with Gasteiger partial charge >= 0.3 is 7.82 Å². The van der Waals surface area contributed by atoms with Crippen molar-refractivity contribution in [3.8, 4) is 0 Å². The molecule has 3 atom stereocenters. The summed E-state index contributed by atoms with van der Waals surface area (Å²) >= 11 is 0. The molecule has 0 rings (SSSR count). The second-order valence-corrected chi connectivity index (χ2v) is 26.7. The molecule has 0 aliphatic carbocycles. The van der Waals surface area contributed by atoms with Gasteiger partial charge in [-0.25, -0.2) is 4.57 Å². The van der Waals surface area contributed by atoms with Crippen molar-refractivity contribution >= 4 is 13.7 Å². The average molecular weight is 1180 g/mol. The lowest BCUT2D eigenvalue weighted by atomic mass is 10.0. The molecule has 3 N–H and O–H groups in total. The van der Waals surface area contributed by atoms with Crippen LogP contribution in [0.1, 0.15) is 328 Å². The summed E-state index contributed by atoms with van der Waals surface area (Å²) in [6.07, 6.45) is 91.7. The van der Waals surface area contributed by atoms with E-state index in [9.17, 15) is 19.4 Å². The smallest absolute Gasteiger partial charge is 0.387 e. The Morgan fingerprint density at radius 1 is 0.422 bits per heavy atom. The monoisotopic (exact) mass is 1180 g/mol. The average Bonchev–Trinajstić information content (AvgIpc) is 3.50. The van der Waals surface area contributed by atoms with Crippen molar-refractivity contribution in [2.45, 2.75) is 341 Å². The van der Waals surface area contributed by atoms with E-state index >= 15 is 0 Å². The number of rotatable bonds is 65. The summed E-state index contributed by atoms with van der Waals surface area (Å²) in [5.74, 6) is -0.189. The molecule has 0 heterocycles. The molecule has 83 heavy (non-hydrogen) atoms. The van der Waals surface area contributed by atoms with Crippen LogP contribution in [0.15, 0.2) is 85.1 Å². The highest BCUT2D eigenvalue weighted by Crippen LogP contribution is 2.43. The van der Waals surface area contributed by atoms with Crippen molar-refractivity contribution in [1.29, 1.82) is 0 Å². The number of carbonyl (C=O) groups excluding carboxylic acids is 1. The molecule has 484 valence electrons. The Morgan fingerprint density at radius 3 is 1.11 bits per heavy atom. The third kappa shape index (κ3) is 67.1. The van der Waals surface area contributed by atoms with Gasteiger partial charge in [0.25, 0.3) is 0 Å². The number of nitrogens with zero attached hydrogens (tertiary/aromatic N) is 1. The fraction of sp³-hybridized carbons (Fsp3) is 0.797. The van der Waals surface area contributed by atoms with E-state index in [0.29, 0.717) is 17.4 Å². The van der Waals surface area contributed by atoms with Crippen LogP contribution in [0.25, 0.3) is 0 Å². The topological polar surface area (TPSA) is 105 Å².